The first-order chi connectivity index (χ1) is 13.5. The van der Waals surface area contributed by atoms with Gasteiger partial charge in [0.05, 0.1) is 12.1 Å². The Bertz CT molecular complexity index is 1080. The number of halogens is 2. The summed E-state index contributed by atoms with van der Waals surface area (Å²) in [4.78, 5) is 12.3. The van der Waals surface area contributed by atoms with Gasteiger partial charge in [-0.2, -0.15) is 5.26 Å². The van der Waals surface area contributed by atoms with Crippen LogP contribution in [0, 0.1) is 17.1 Å². The van der Waals surface area contributed by atoms with Crippen LogP contribution in [0.1, 0.15) is 5.76 Å². The van der Waals surface area contributed by atoms with E-state index in [0.29, 0.717) is 28.5 Å². The van der Waals surface area contributed by atoms with Crippen LogP contribution in [0.5, 0.6) is 5.75 Å². The summed E-state index contributed by atoms with van der Waals surface area (Å²) in [6, 6.07) is 16.0. The SMILES string of the molecule is COc1ccc(NC(=O)/C(C#N)=C\c2ccc(-c3ccc(F)c(Cl)c3)o2)cc1. The van der Waals surface area contributed by atoms with Crippen LogP contribution in [0.2, 0.25) is 5.02 Å². The molecule has 0 saturated carbocycles. The second-order valence-corrected chi connectivity index (χ2v) is 6.09. The first-order valence-electron chi connectivity index (χ1n) is 8.12. The second-order valence-electron chi connectivity index (χ2n) is 5.68. The van der Waals surface area contributed by atoms with Crippen molar-refractivity contribution in [2.45, 2.75) is 0 Å². The summed E-state index contributed by atoms with van der Waals surface area (Å²) >= 11 is 5.78. The summed E-state index contributed by atoms with van der Waals surface area (Å²) in [6.07, 6.45) is 1.33. The normalized spacial score (nSPS) is 11.0. The third-order valence-electron chi connectivity index (χ3n) is 3.83. The molecule has 0 aliphatic carbocycles. The highest BCUT2D eigenvalue weighted by Crippen LogP contribution is 2.27. The van der Waals surface area contributed by atoms with Gasteiger partial charge in [-0.1, -0.05) is 11.6 Å². The first kappa shape index (κ1) is 19.2. The van der Waals surface area contributed by atoms with Crippen LogP contribution in [0.3, 0.4) is 0 Å². The Labute approximate surface area is 165 Å². The van der Waals surface area contributed by atoms with E-state index >= 15 is 0 Å². The topological polar surface area (TPSA) is 75.3 Å². The third kappa shape index (κ3) is 4.40. The van der Waals surface area contributed by atoms with E-state index in [1.54, 1.807) is 43.5 Å². The number of furan rings is 1. The average Bonchev–Trinajstić information content (AvgIpc) is 3.17. The number of rotatable bonds is 5. The Morgan fingerprint density at radius 2 is 1.96 bits per heavy atom. The molecule has 2 aromatic carbocycles. The molecule has 0 aliphatic heterocycles. The number of hydrogen-bond donors (Lipinski definition) is 1. The van der Waals surface area contributed by atoms with E-state index in [-0.39, 0.29) is 10.6 Å². The van der Waals surface area contributed by atoms with Crippen molar-refractivity contribution < 1.29 is 18.3 Å². The molecule has 3 aromatic rings. The molecule has 0 saturated heterocycles. The van der Waals surface area contributed by atoms with Gasteiger partial charge in [-0.3, -0.25) is 4.79 Å². The van der Waals surface area contributed by atoms with Crippen LogP contribution < -0.4 is 10.1 Å². The van der Waals surface area contributed by atoms with E-state index in [1.807, 2.05) is 6.07 Å². The predicted molar refractivity (Wildman–Crippen MR) is 104 cm³/mol. The fourth-order valence-electron chi connectivity index (χ4n) is 2.40. The maximum atomic E-state index is 13.3. The summed E-state index contributed by atoms with van der Waals surface area (Å²) in [5.41, 5.74) is 0.967. The molecule has 1 heterocycles. The van der Waals surface area contributed by atoms with Gasteiger partial charge in [0.15, 0.2) is 0 Å². The van der Waals surface area contributed by atoms with E-state index in [2.05, 4.69) is 5.32 Å². The predicted octanol–water partition coefficient (Wildman–Crippen LogP) is 5.29. The van der Waals surface area contributed by atoms with Crippen molar-refractivity contribution in [1.29, 1.82) is 5.26 Å². The lowest BCUT2D eigenvalue weighted by molar-refractivity contribution is -0.112. The Hall–Kier alpha value is -3.56. The van der Waals surface area contributed by atoms with Crippen LogP contribution in [-0.4, -0.2) is 13.0 Å². The first-order valence-corrected chi connectivity index (χ1v) is 8.50. The van der Waals surface area contributed by atoms with Gasteiger partial charge in [0.25, 0.3) is 5.91 Å². The zero-order valence-electron chi connectivity index (χ0n) is 14.7. The van der Waals surface area contributed by atoms with Gasteiger partial charge in [-0.15, -0.1) is 0 Å². The minimum Gasteiger partial charge on any atom is -0.497 e. The molecule has 140 valence electrons. The van der Waals surface area contributed by atoms with Crippen molar-refractivity contribution in [3.63, 3.8) is 0 Å². The standard InChI is InChI=1S/C21H14ClFN2O3/c1-27-16-5-3-15(4-6-16)25-21(26)14(12-24)10-17-7-9-20(28-17)13-2-8-19(23)18(22)11-13/h2-11H,1H3,(H,25,26)/b14-10-. The van der Waals surface area contributed by atoms with Gasteiger partial charge in [0.2, 0.25) is 0 Å². The van der Waals surface area contributed by atoms with Crippen molar-refractivity contribution in [1.82, 2.24) is 0 Å². The molecule has 1 amide bonds. The zero-order valence-corrected chi connectivity index (χ0v) is 15.5. The summed E-state index contributed by atoms with van der Waals surface area (Å²) < 4.78 is 24.0. The van der Waals surface area contributed by atoms with Crippen molar-refractivity contribution in [2.24, 2.45) is 0 Å². The number of nitrogens with one attached hydrogen (secondary N) is 1. The van der Waals surface area contributed by atoms with E-state index in [0.717, 1.165) is 0 Å². The van der Waals surface area contributed by atoms with Crippen molar-refractivity contribution in [3.05, 3.63) is 76.8 Å². The number of carbonyl (C=O) groups excluding carboxylic acids is 1. The van der Waals surface area contributed by atoms with Crippen molar-refractivity contribution in [3.8, 4) is 23.1 Å². The van der Waals surface area contributed by atoms with Gasteiger partial charge in [0.1, 0.15) is 34.7 Å². The molecular weight excluding hydrogens is 383 g/mol. The number of benzene rings is 2. The summed E-state index contributed by atoms with van der Waals surface area (Å²) in [5.74, 6) is 0.283. The molecule has 0 spiro atoms. The number of carbonyl (C=O) groups is 1. The third-order valence-corrected chi connectivity index (χ3v) is 4.12. The molecule has 7 heteroatoms. The molecular formula is C21H14ClFN2O3. The molecule has 0 bridgehead atoms. The Morgan fingerprint density at radius 3 is 2.61 bits per heavy atom. The van der Waals surface area contributed by atoms with E-state index in [1.165, 1.54) is 24.3 Å². The average molecular weight is 397 g/mol. The number of ether oxygens (including phenoxy) is 1. The minimum atomic E-state index is -0.574. The number of hydrogen-bond acceptors (Lipinski definition) is 4. The second kappa shape index (κ2) is 8.42. The highest BCUT2D eigenvalue weighted by Gasteiger charge is 2.12. The Morgan fingerprint density at radius 1 is 1.21 bits per heavy atom. The largest absolute Gasteiger partial charge is 0.497 e. The molecule has 0 radical (unpaired) electrons. The highest BCUT2D eigenvalue weighted by molar-refractivity contribution is 6.31. The number of amides is 1. The van der Waals surface area contributed by atoms with Gasteiger partial charge >= 0.3 is 0 Å². The number of nitrogens with zero attached hydrogens (tertiary/aromatic N) is 1. The van der Waals surface area contributed by atoms with E-state index in [4.69, 9.17) is 20.8 Å². The summed E-state index contributed by atoms with van der Waals surface area (Å²) in [7, 11) is 1.54. The van der Waals surface area contributed by atoms with Gasteiger partial charge < -0.3 is 14.5 Å². The molecule has 1 aromatic heterocycles. The number of anilines is 1. The van der Waals surface area contributed by atoms with Crippen LogP contribution in [0.15, 0.2) is 64.6 Å². The molecule has 0 aliphatic rings. The van der Waals surface area contributed by atoms with Gasteiger partial charge in [-0.05, 0) is 54.6 Å². The maximum Gasteiger partial charge on any atom is 0.266 e. The van der Waals surface area contributed by atoms with E-state index < -0.39 is 11.7 Å². The maximum absolute atomic E-state index is 13.3. The molecule has 0 unspecified atom stereocenters. The monoisotopic (exact) mass is 396 g/mol. The van der Waals surface area contributed by atoms with Crippen LogP contribution >= 0.6 is 11.6 Å². The molecule has 0 fully saturated rings. The quantitative estimate of drug-likeness (QED) is 0.469. The molecule has 28 heavy (non-hydrogen) atoms. The Kier molecular flexibility index (Phi) is 5.78. The lowest BCUT2D eigenvalue weighted by Crippen LogP contribution is -2.13. The molecule has 3 rings (SSSR count). The van der Waals surface area contributed by atoms with Crippen LogP contribution in [0.4, 0.5) is 10.1 Å². The lowest BCUT2D eigenvalue weighted by Gasteiger charge is -2.05. The lowest BCUT2D eigenvalue weighted by atomic mass is 10.2. The minimum absolute atomic E-state index is 0.0254. The summed E-state index contributed by atoms with van der Waals surface area (Å²) in [5, 5.41) is 11.9. The van der Waals surface area contributed by atoms with Crippen LogP contribution in [-0.2, 0) is 4.79 Å². The zero-order chi connectivity index (χ0) is 20.1. The van der Waals surface area contributed by atoms with Gasteiger partial charge in [-0.25, -0.2) is 4.39 Å². The van der Waals surface area contributed by atoms with E-state index in [9.17, 15) is 14.4 Å². The summed E-state index contributed by atoms with van der Waals surface area (Å²) in [6.45, 7) is 0. The van der Waals surface area contributed by atoms with Crippen molar-refractivity contribution >= 4 is 29.3 Å². The number of nitriles is 1. The fraction of sp³-hybridized carbons (Fsp3) is 0.0476. The fourth-order valence-corrected chi connectivity index (χ4v) is 2.58. The van der Waals surface area contributed by atoms with Gasteiger partial charge in [0, 0.05) is 17.3 Å². The molecule has 5 nitrogen and oxygen atoms in total. The molecule has 1 N–H and O–H groups in total. The van der Waals surface area contributed by atoms with Crippen molar-refractivity contribution in [2.75, 3.05) is 12.4 Å². The molecule has 0 atom stereocenters. The Balaban J connectivity index is 1.78. The van der Waals surface area contributed by atoms with Crippen LogP contribution in [0.25, 0.3) is 17.4 Å². The number of methoxy groups -OCH3 is 1. The smallest absolute Gasteiger partial charge is 0.266 e. The highest BCUT2D eigenvalue weighted by atomic mass is 35.5.